The molecule has 4 aliphatic rings. The molecule has 17 heteroatoms. The lowest BCUT2D eigenvalue weighted by Gasteiger charge is -2.27. The molecule has 2 aliphatic heterocycles. The largest absolute Gasteiger partial charge is 0.489 e. The number of esters is 1. The Balaban J connectivity index is 0.000000270. The van der Waals surface area contributed by atoms with Crippen LogP contribution in [0.3, 0.4) is 0 Å². The fourth-order valence-electron chi connectivity index (χ4n) is 10.1. The number of carbonyl (C=O) groups is 3. The molecule has 0 bridgehead atoms. The zero-order chi connectivity index (χ0) is 52.7. The van der Waals surface area contributed by atoms with Gasteiger partial charge in [0.05, 0.1) is 17.5 Å². The number of carbonyl (C=O) groups excluding carboxylic acids is 3. The number of alkyl halides is 6. The van der Waals surface area contributed by atoms with E-state index in [4.69, 9.17) is 18.9 Å². The number of ether oxygens (including phenoxy) is 4. The molecule has 2 fully saturated rings. The summed E-state index contributed by atoms with van der Waals surface area (Å²) in [5, 5.41) is 5.78. The number of rotatable bonds is 12. The second kappa shape index (κ2) is 24.4. The number of nitrogens with zero attached hydrogens (tertiary/aromatic N) is 1. The first-order valence-electron chi connectivity index (χ1n) is 25.6. The minimum atomic E-state index is -4.51. The maximum Gasteiger partial charge on any atom is 0.416 e. The molecular weight excluding hydrogens is 988 g/mol. The molecular formula is C57H70ClF6N3O7. The minimum Gasteiger partial charge on any atom is -0.489 e. The van der Waals surface area contributed by atoms with Gasteiger partial charge >= 0.3 is 24.4 Å². The first-order chi connectivity index (χ1) is 34.4. The van der Waals surface area contributed by atoms with Gasteiger partial charge in [0.2, 0.25) is 5.91 Å². The van der Waals surface area contributed by atoms with Gasteiger partial charge in [-0.15, -0.1) is 12.4 Å². The summed E-state index contributed by atoms with van der Waals surface area (Å²) >= 11 is 0. The molecule has 10 nitrogen and oxygen atoms in total. The Kier molecular flexibility index (Phi) is 19.0. The zero-order valence-corrected chi connectivity index (χ0v) is 44.0. The third-order valence-corrected chi connectivity index (χ3v) is 13.6. The van der Waals surface area contributed by atoms with Gasteiger partial charge in [-0.2, -0.15) is 26.3 Å². The maximum atomic E-state index is 14.0. The van der Waals surface area contributed by atoms with E-state index in [1.165, 1.54) is 29.5 Å². The highest BCUT2D eigenvalue weighted by atomic mass is 35.5. The predicted molar refractivity (Wildman–Crippen MR) is 275 cm³/mol. The molecule has 0 radical (unpaired) electrons. The lowest BCUT2D eigenvalue weighted by atomic mass is 9.83. The molecule has 0 spiro atoms. The molecule has 2 amide bonds. The van der Waals surface area contributed by atoms with E-state index in [1.807, 2.05) is 18.2 Å². The van der Waals surface area contributed by atoms with Crippen LogP contribution in [0.4, 0.5) is 42.5 Å². The van der Waals surface area contributed by atoms with Crippen LogP contribution in [0.1, 0.15) is 169 Å². The van der Waals surface area contributed by atoms with Crippen molar-refractivity contribution in [2.75, 3.05) is 23.3 Å². The number of fused-ring (bicyclic) bond motifs is 2. The topological polar surface area (TPSA) is 115 Å². The fourth-order valence-corrected chi connectivity index (χ4v) is 10.1. The summed E-state index contributed by atoms with van der Waals surface area (Å²) < 4.78 is 105. The number of anilines is 2. The highest BCUT2D eigenvalue weighted by molar-refractivity contribution is 6.02. The molecule has 2 heterocycles. The van der Waals surface area contributed by atoms with Crippen molar-refractivity contribution in [3.8, 4) is 11.5 Å². The number of hydrogen-bond donors (Lipinski definition) is 2. The summed E-state index contributed by atoms with van der Waals surface area (Å²) in [6.07, 6.45) is 1.59. The number of halogens is 7. The maximum absolute atomic E-state index is 14.0. The van der Waals surface area contributed by atoms with Crippen LogP contribution in [0.2, 0.25) is 0 Å². The van der Waals surface area contributed by atoms with Crippen LogP contribution in [-0.4, -0.2) is 48.3 Å². The summed E-state index contributed by atoms with van der Waals surface area (Å²) in [7, 11) is 0. The van der Waals surface area contributed by atoms with Crippen molar-refractivity contribution in [1.29, 1.82) is 0 Å². The second-order valence-corrected chi connectivity index (χ2v) is 21.6. The van der Waals surface area contributed by atoms with E-state index >= 15 is 0 Å². The van der Waals surface area contributed by atoms with Gasteiger partial charge in [0.1, 0.15) is 42.0 Å². The molecule has 8 rings (SSSR count). The molecule has 2 saturated carbocycles. The molecule has 1 atom stereocenters. The van der Waals surface area contributed by atoms with Gasteiger partial charge in [-0.25, -0.2) is 4.79 Å². The number of amides is 2. The van der Waals surface area contributed by atoms with Crippen LogP contribution < -0.4 is 25.0 Å². The molecule has 2 N–H and O–H groups in total. The van der Waals surface area contributed by atoms with E-state index in [0.717, 1.165) is 98.7 Å². The van der Waals surface area contributed by atoms with Crippen molar-refractivity contribution in [2.24, 2.45) is 0 Å². The van der Waals surface area contributed by atoms with Gasteiger partial charge < -0.3 is 34.5 Å². The number of alkyl carbamates (subject to hydrolysis) is 1. The summed E-state index contributed by atoms with van der Waals surface area (Å²) in [4.78, 5) is 40.4. The van der Waals surface area contributed by atoms with E-state index in [9.17, 15) is 40.7 Å². The highest BCUT2D eigenvalue weighted by Gasteiger charge is 2.38. The smallest absolute Gasteiger partial charge is 0.416 e. The van der Waals surface area contributed by atoms with Crippen molar-refractivity contribution >= 4 is 41.8 Å². The van der Waals surface area contributed by atoms with E-state index in [2.05, 4.69) is 10.6 Å². The lowest BCUT2D eigenvalue weighted by Crippen LogP contribution is -2.50. The summed E-state index contributed by atoms with van der Waals surface area (Å²) in [5.74, 6) is 0.206. The quantitative estimate of drug-likeness (QED) is 0.106. The zero-order valence-electron chi connectivity index (χ0n) is 43.2. The molecule has 2 aliphatic carbocycles. The molecule has 0 saturated heterocycles. The average Bonchev–Trinajstić information content (AvgIpc) is 3.98. The van der Waals surface area contributed by atoms with E-state index in [-0.39, 0.29) is 55.1 Å². The Morgan fingerprint density at radius 3 is 1.64 bits per heavy atom. The predicted octanol–water partition coefficient (Wildman–Crippen LogP) is 14.6. The van der Waals surface area contributed by atoms with Gasteiger partial charge in [-0.05, 0) is 163 Å². The Morgan fingerprint density at radius 2 is 1.14 bits per heavy atom. The summed E-state index contributed by atoms with van der Waals surface area (Å²) in [6, 6.07) is 18.7. The number of benzene rings is 4. The first kappa shape index (κ1) is 57.6. The van der Waals surface area contributed by atoms with Crippen LogP contribution in [0.25, 0.3) is 0 Å². The van der Waals surface area contributed by atoms with Gasteiger partial charge in [0, 0.05) is 35.6 Å². The lowest BCUT2D eigenvalue weighted by molar-refractivity contribution is -0.156. The van der Waals surface area contributed by atoms with Crippen LogP contribution in [0.15, 0.2) is 72.8 Å². The average molecular weight is 1060 g/mol. The third-order valence-electron chi connectivity index (χ3n) is 13.6. The van der Waals surface area contributed by atoms with E-state index < -0.39 is 65.1 Å². The standard InChI is InChI=1S/C35H45F3N2O6.C22H24F3NO.ClH/c1-33(2,3)45-30(41)20-28(39-32(43)46-34(4,5)6)31(42)40-17-16-24-18-26(14-15-29(24)40)44-21-25-13-12-23(19-27(25)35(36,37)38)22-10-8-7-9-11-22;23-22(24,25)20-13-16(15-4-2-1-3-5-15)6-7-18(20)14-27-19-8-9-21-17(12-19)10-11-26-21;/h12-15,18-19,22,28H,7-11,16-17,20-21H2,1-6H3,(H,39,43);6-9,12-13,15,26H,1-5,10-11,14H2;1H/t28-;;/m1../s1. The van der Waals surface area contributed by atoms with Gasteiger partial charge in [-0.3, -0.25) is 9.59 Å². The van der Waals surface area contributed by atoms with Gasteiger partial charge in [0.15, 0.2) is 0 Å². The van der Waals surface area contributed by atoms with E-state index in [0.29, 0.717) is 23.6 Å². The molecule has 4 aromatic carbocycles. The van der Waals surface area contributed by atoms with Crippen LogP contribution in [-0.2, 0) is 57.5 Å². The van der Waals surface area contributed by atoms with Crippen molar-refractivity contribution in [3.63, 3.8) is 0 Å². The van der Waals surface area contributed by atoms with Gasteiger partial charge in [0.25, 0.3) is 0 Å². The van der Waals surface area contributed by atoms with Crippen molar-refractivity contribution < 1.29 is 59.7 Å². The van der Waals surface area contributed by atoms with Crippen molar-refractivity contribution in [2.45, 2.75) is 180 Å². The summed E-state index contributed by atoms with van der Waals surface area (Å²) in [5.41, 5.74) is 2.49. The molecule has 404 valence electrons. The highest BCUT2D eigenvalue weighted by Crippen LogP contribution is 2.41. The van der Waals surface area contributed by atoms with Crippen molar-refractivity contribution in [1.82, 2.24) is 5.32 Å². The van der Waals surface area contributed by atoms with Crippen LogP contribution in [0, 0.1) is 0 Å². The second-order valence-electron chi connectivity index (χ2n) is 21.6. The first-order valence-corrected chi connectivity index (χ1v) is 25.6. The Hall–Kier alpha value is -5.64. The third kappa shape index (κ3) is 15.9. The molecule has 0 unspecified atom stereocenters. The molecule has 4 aromatic rings. The summed E-state index contributed by atoms with van der Waals surface area (Å²) in [6.45, 7) is 11.0. The Bertz CT molecular complexity index is 2550. The van der Waals surface area contributed by atoms with Crippen LogP contribution in [0.5, 0.6) is 11.5 Å². The number of nitrogens with one attached hydrogen (secondary N) is 2. The SMILES string of the molecule is CC(C)(C)OC(=O)C[C@@H](NC(=O)OC(C)(C)C)C(=O)N1CCc2cc(OCc3ccc(C4CCCCC4)cc3C(F)(F)F)ccc21.Cl.FC(F)(F)c1cc(C2CCCCC2)ccc1COc1ccc2c(c1)CCN2. The Morgan fingerprint density at radius 1 is 0.635 bits per heavy atom. The van der Waals surface area contributed by atoms with E-state index in [1.54, 1.807) is 77.9 Å². The number of hydrogen-bond acceptors (Lipinski definition) is 8. The minimum absolute atomic E-state index is 0. The molecule has 74 heavy (non-hydrogen) atoms. The molecule has 0 aromatic heterocycles. The van der Waals surface area contributed by atoms with Crippen molar-refractivity contribution in [3.05, 3.63) is 117 Å². The Labute approximate surface area is 437 Å². The van der Waals surface area contributed by atoms with Gasteiger partial charge in [-0.1, -0.05) is 62.8 Å². The fraction of sp³-hybridized carbons (Fsp3) is 0.526. The monoisotopic (exact) mass is 1060 g/mol. The van der Waals surface area contributed by atoms with Crippen LogP contribution >= 0.6 is 12.4 Å². The normalized spacial score (nSPS) is 16.6.